The lowest BCUT2D eigenvalue weighted by atomic mass is 9.92. The van der Waals surface area contributed by atoms with Gasteiger partial charge in [0.05, 0.1) is 18.1 Å². The Hall–Kier alpha value is -1.11. The molecule has 0 radical (unpaired) electrons. The summed E-state index contributed by atoms with van der Waals surface area (Å²) >= 11 is 0. The van der Waals surface area contributed by atoms with E-state index >= 15 is 0 Å². The largest absolute Gasteiger partial charge is 0.340 e. The lowest BCUT2D eigenvalue weighted by Gasteiger charge is -2.42. The van der Waals surface area contributed by atoms with Crippen LogP contribution in [-0.2, 0) is 19.4 Å². The van der Waals surface area contributed by atoms with Crippen LogP contribution in [0, 0.1) is 0 Å². The molecule has 1 N–H and O–H groups in total. The molecule has 3 aliphatic rings. The van der Waals surface area contributed by atoms with Gasteiger partial charge in [0.1, 0.15) is 5.54 Å². The maximum atomic E-state index is 12.6. The Labute approximate surface area is 112 Å². The van der Waals surface area contributed by atoms with E-state index in [1.165, 1.54) is 4.90 Å². The molecule has 106 valence electrons. The van der Waals surface area contributed by atoms with Gasteiger partial charge < -0.3 is 10.2 Å². The van der Waals surface area contributed by atoms with E-state index in [4.69, 9.17) is 0 Å². The topological polar surface area (TPSA) is 83.6 Å². The Morgan fingerprint density at radius 2 is 1.89 bits per heavy atom. The van der Waals surface area contributed by atoms with Crippen molar-refractivity contribution in [1.82, 2.24) is 10.2 Å². The zero-order valence-electron chi connectivity index (χ0n) is 10.7. The maximum absolute atomic E-state index is 12.6. The van der Waals surface area contributed by atoms with Crippen LogP contribution in [0.2, 0.25) is 0 Å². The van der Waals surface area contributed by atoms with Gasteiger partial charge in [-0.25, -0.2) is 8.42 Å². The second-order valence-electron chi connectivity index (χ2n) is 5.83. The molecule has 1 aliphatic carbocycles. The lowest BCUT2D eigenvalue weighted by molar-refractivity contribution is -0.151. The molecule has 0 aromatic rings. The molecule has 0 bridgehead atoms. The minimum atomic E-state index is -3.05. The third-order valence-electron chi connectivity index (χ3n) is 4.47. The van der Waals surface area contributed by atoms with Crippen LogP contribution >= 0.6 is 0 Å². The van der Waals surface area contributed by atoms with Crippen molar-refractivity contribution in [3.8, 4) is 0 Å². The average Bonchev–Trinajstić information content (AvgIpc) is 2.91. The number of nitrogens with zero attached hydrogens (tertiary/aromatic N) is 1. The lowest BCUT2D eigenvalue weighted by Crippen LogP contribution is -2.67. The van der Waals surface area contributed by atoms with E-state index in [0.29, 0.717) is 19.3 Å². The predicted molar refractivity (Wildman–Crippen MR) is 68.1 cm³/mol. The number of carbonyl (C=O) groups excluding carboxylic acids is 2. The molecule has 2 amide bonds. The maximum Gasteiger partial charge on any atom is 0.249 e. The van der Waals surface area contributed by atoms with E-state index < -0.39 is 15.4 Å². The van der Waals surface area contributed by atoms with Crippen LogP contribution < -0.4 is 5.32 Å². The summed E-state index contributed by atoms with van der Waals surface area (Å²) < 4.78 is 23.1. The van der Waals surface area contributed by atoms with Crippen LogP contribution in [0.3, 0.4) is 0 Å². The quantitative estimate of drug-likeness (QED) is 0.700. The van der Waals surface area contributed by atoms with E-state index in [2.05, 4.69) is 5.32 Å². The van der Waals surface area contributed by atoms with Crippen molar-refractivity contribution in [2.75, 3.05) is 18.1 Å². The van der Waals surface area contributed by atoms with Crippen LogP contribution in [0.15, 0.2) is 0 Å². The summed E-state index contributed by atoms with van der Waals surface area (Å²) in [5.41, 5.74) is -0.748. The molecule has 6 nitrogen and oxygen atoms in total. The predicted octanol–water partition coefficient (Wildman–Crippen LogP) is -0.555. The number of hydrogen-bond acceptors (Lipinski definition) is 4. The molecule has 7 heteroatoms. The normalized spacial score (nSPS) is 32.8. The fourth-order valence-corrected chi connectivity index (χ4v) is 5.23. The Bertz CT molecular complexity index is 522. The highest BCUT2D eigenvalue weighted by Crippen LogP contribution is 2.35. The van der Waals surface area contributed by atoms with Crippen molar-refractivity contribution >= 4 is 21.7 Å². The number of hydrogen-bond donors (Lipinski definition) is 1. The first-order valence-corrected chi connectivity index (χ1v) is 8.57. The Balaban J connectivity index is 1.85. The zero-order valence-corrected chi connectivity index (χ0v) is 11.5. The molecule has 2 heterocycles. The standard InChI is InChI=1S/C12H18N2O4S/c15-10-7-14(9-3-6-19(17,18)8-9)11(16)12(13-10)4-1-2-5-12/h9H,1-8H2,(H,13,15). The van der Waals surface area contributed by atoms with Crippen LogP contribution in [0.1, 0.15) is 32.1 Å². The van der Waals surface area contributed by atoms with Crippen molar-refractivity contribution in [2.24, 2.45) is 0 Å². The van der Waals surface area contributed by atoms with Crippen molar-refractivity contribution in [1.29, 1.82) is 0 Å². The van der Waals surface area contributed by atoms with Crippen molar-refractivity contribution in [2.45, 2.75) is 43.7 Å². The van der Waals surface area contributed by atoms with Gasteiger partial charge in [0.25, 0.3) is 0 Å². The Kier molecular flexibility index (Phi) is 2.85. The minimum Gasteiger partial charge on any atom is -0.340 e. The fourth-order valence-electron chi connectivity index (χ4n) is 3.49. The van der Waals surface area contributed by atoms with E-state index in [0.717, 1.165) is 12.8 Å². The summed E-state index contributed by atoms with van der Waals surface area (Å²) in [6.07, 6.45) is 3.67. The van der Waals surface area contributed by atoms with Gasteiger partial charge in [-0.15, -0.1) is 0 Å². The van der Waals surface area contributed by atoms with Gasteiger partial charge >= 0.3 is 0 Å². The van der Waals surface area contributed by atoms with Gasteiger partial charge in [0.2, 0.25) is 11.8 Å². The summed E-state index contributed by atoms with van der Waals surface area (Å²) in [6, 6.07) is -0.318. The molecule has 2 aliphatic heterocycles. The molecular formula is C12H18N2O4S. The zero-order chi connectivity index (χ0) is 13.7. The number of amides is 2. The molecule has 19 heavy (non-hydrogen) atoms. The fraction of sp³-hybridized carbons (Fsp3) is 0.833. The monoisotopic (exact) mass is 286 g/mol. The molecule has 1 saturated carbocycles. The first-order chi connectivity index (χ1) is 8.92. The van der Waals surface area contributed by atoms with Crippen LogP contribution in [-0.4, -0.2) is 54.8 Å². The van der Waals surface area contributed by atoms with E-state index in [1.54, 1.807) is 0 Å². The average molecular weight is 286 g/mol. The van der Waals surface area contributed by atoms with Crippen LogP contribution in [0.5, 0.6) is 0 Å². The Morgan fingerprint density at radius 3 is 2.47 bits per heavy atom. The summed E-state index contributed by atoms with van der Waals surface area (Å²) in [4.78, 5) is 26.0. The number of sulfone groups is 1. The van der Waals surface area contributed by atoms with Crippen molar-refractivity contribution in [3.05, 3.63) is 0 Å². The van der Waals surface area contributed by atoms with Crippen LogP contribution in [0.4, 0.5) is 0 Å². The van der Waals surface area contributed by atoms with Gasteiger partial charge in [0, 0.05) is 6.04 Å². The number of nitrogens with one attached hydrogen (secondary N) is 1. The highest BCUT2D eigenvalue weighted by Gasteiger charge is 2.50. The van der Waals surface area contributed by atoms with Gasteiger partial charge in [-0.3, -0.25) is 9.59 Å². The molecule has 3 rings (SSSR count). The van der Waals surface area contributed by atoms with Crippen molar-refractivity contribution in [3.63, 3.8) is 0 Å². The second kappa shape index (κ2) is 4.19. The molecule has 0 aromatic heterocycles. The van der Waals surface area contributed by atoms with Gasteiger partial charge in [0.15, 0.2) is 9.84 Å². The second-order valence-corrected chi connectivity index (χ2v) is 8.06. The summed E-state index contributed by atoms with van der Waals surface area (Å²) in [6.45, 7) is 0.000764. The SMILES string of the molecule is O=C1CN(C2CCS(=O)(=O)C2)C(=O)C2(CCCC2)N1. The van der Waals surface area contributed by atoms with Crippen molar-refractivity contribution < 1.29 is 18.0 Å². The van der Waals surface area contributed by atoms with E-state index in [-0.39, 0.29) is 35.9 Å². The molecule has 2 saturated heterocycles. The first kappa shape index (κ1) is 12.9. The molecule has 1 unspecified atom stereocenters. The van der Waals surface area contributed by atoms with Crippen LogP contribution in [0.25, 0.3) is 0 Å². The Morgan fingerprint density at radius 1 is 1.21 bits per heavy atom. The molecule has 0 aromatic carbocycles. The third-order valence-corrected chi connectivity index (χ3v) is 6.22. The molecule has 1 spiro atoms. The van der Waals surface area contributed by atoms with Gasteiger partial charge in [-0.2, -0.15) is 0 Å². The van der Waals surface area contributed by atoms with Gasteiger partial charge in [-0.1, -0.05) is 12.8 Å². The number of rotatable bonds is 1. The number of piperazine rings is 1. The first-order valence-electron chi connectivity index (χ1n) is 6.74. The van der Waals surface area contributed by atoms with E-state index in [9.17, 15) is 18.0 Å². The minimum absolute atomic E-state index is 0.000764. The molecule has 3 fully saturated rings. The highest BCUT2D eigenvalue weighted by atomic mass is 32.2. The van der Waals surface area contributed by atoms with Gasteiger partial charge in [-0.05, 0) is 19.3 Å². The van der Waals surface area contributed by atoms with E-state index in [1.807, 2.05) is 0 Å². The third kappa shape index (κ3) is 2.13. The smallest absolute Gasteiger partial charge is 0.249 e. The highest BCUT2D eigenvalue weighted by molar-refractivity contribution is 7.91. The summed E-state index contributed by atoms with van der Waals surface area (Å²) in [7, 11) is -3.05. The summed E-state index contributed by atoms with van der Waals surface area (Å²) in [5, 5.41) is 2.84. The molecular weight excluding hydrogens is 268 g/mol. The molecule has 1 atom stereocenters. The number of carbonyl (C=O) groups is 2. The summed E-state index contributed by atoms with van der Waals surface area (Å²) in [5.74, 6) is -0.115.